The van der Waals surface area contributed by atoms with Crippen molar-refractivity contribution in [1.29, 1.82) is 0 Å². The minimum atomic E-state index is -0.108. The number of benzene rings is 2. The molecule has 3 heterocycles. The van der Waals surface area contributed by atoms with Gasteiger partial charge in [0.25, 0.3) is 5.91 Å². The zero-order valence-corrected chi connectivity index (χ0v) is 16.9. The van der Waals surface area contributed by atoms with Gasteiger partial charge in [-0.2, -0.15) is 0 Å². The number of aromatic nitrogens is 3. The normalized spacial score (nSPS) is 15.5. The zero-order chi connectivity index (χ0) is 20.7. The maximum atomic E-state index is 13.0. The monoisotopic (exact) mass is 398 g/mol. The highest BCUT2D eigenvalue weighted by molar-refractivity contribution is 5.98. The zero-order valence-electron chi connectivity index (χ0n) is 16.9. The average Bonchev–Trinajstić information content (AvgIpc) is 3.10. The SMILES string of the molecule is Cc1ccncc1-c1nc2cc(C(=O)N[C@H]3CCOc4ccccc43)ccc2n1C. The summed E-state index contributed by atoms with van der Waals surface area (Å²) in [5.74, 6) is 1.57. The molecular weight excluding hydrogens is 376 g/mol. The molecule has 1 aliphatic rings. The van der Waals surface area contributed by atoms with Crippen molar-refractivity contribution in [2.45, 2.75) is 19.4 Å². The molecule has 30 heavy (non-hydrogen) atoms. The number of fused-ring (bicyclic) bond motifs is 2. The highest BCUT2D eigenvalue weighted by Gasteiger charge is 2.23. The number of imidazole rings is 1. The number of amides is 1. The number of ether oxygens (including phenoxy) is 1. The summed E-state index contributed by atoms with van der Waals surface area (Å²) in [4.78, 5) is 22.0. The fraction of sp³-hybridized carbons (Fsp3) is 0.208. The molecule has 1 amide bonds. The Morgan fingerprint density at radius 1 is 1.20 bits per heavy atom. The lowest BCUT2D eigenvalue weighted by Gasteiger charge is -2.26. The minimum absolute atomic E-state index is 0.0597. The van der Waals surface area contributed by atoms with Gasteiger partial charge in [0.05, 0.1) is 23.7 Å². The molecule has 2 aromatic heterocycles. The maximum Gasteiger partial charge on any atom is 0.251 e. The van der Waals surface area contributed by atoms with Gasteiger partial charge in [-0.05, 0) is 42.8 Å². The van der Waals surface area contributed by atoms with Crippen LogP contribution in [0.25, 0.3) is 22.4 Å². The Morgan fingerprint density at radius 2 is 2.07 bits per heavy atom. The van der Waals surface area contributed by atoms with Gasteiger partial charge in [-0.15, -0.1) is 0 Å². The molecule has 0 fully saturated rings. The maximum absolute atomic E-state index is 13.0. The van der Waals surface area contributed by atoms with Crippen LogP contribution in [0, 0.1) is 6.92 Å². The lowest BCUT2D eigenvalue weighted by molar-refractivity contribution is 0.0925. The number of hydrogen-bond acceptors (Lipinski definition) is 4. The van der Waals surface area contributed by atoms with Crippen LogP contribution in [0.3, 0.4) is 0 Å². The van der Waals surface area contributed by atoms with Gasteiger partial charge in [-0.25, -0.2) is 4.98 Å². The smallest absolute Gasteiger partial charge is 0.251 e. The van der Waals surface area contributed by atoms with E-state index in [9.17, 15) is 4.79 Å². The molecule has 0 bridgehead atoms. The van der Waals surface area contributed by atoms with Gasteiger partial charge in [0.2, 0.25) is 0 Å². The van der Waals surface area contributed by atoms with Crippen molar-refractivity contribution < 1.29 is 9.53 Å². The highest BCUT2D eigenvalue weighted by Crippen LogP contribution is 2.32. The third kappa shape index (κ3) is 3.10. The Hall–Kier alpha value is -3.67. The van der Waals surface area contributed by atoms with E-state index in [2.05, 4.69) is 10.3 Å². The second-order valence-electron chi connectivity index (χ2n) is 7.59. The third-order valence-electron chi connectivity index (χ3n) is 5.69. The van der Waals surface area contributed by atoms with Crippen LogP contribution in [0.15, 0.2) is 60.9 Å². The standard InChI is InChI=1S/C24H22N4O2/c1-15-9-11-25-14-18(15)23-26-20-13-16(7-8-21(20)28(23)2)24(29)27-19-10-12-30-22-6-4-3-5-17(19)22/h3-9,11,13-14,19H,10,12H2,1-2H3,(H,27,29)/t19-/m0/s1. The minimum Gasteiger partial charge on any atom is -0.493 e. The van der Waals surface area contributed by atoms with Crippen LogP contribution in [0.1, 0.15) is 33.9 Å². The van der Waals surface area contributed by atoms with Crippen LogP contribution in [-0.2, 0) is 7.05 Å². The van der Waals surface area contributed by atoms with E-state index in [-0.39, 0.29) is 11.9 Å². The van der Waals surface area contributed by atoms with E-state index in [1.807, 2.05) is 73.3 Å². The first kappa shape index (κ1) is 18.4. The van der Waals surface area contributed by atoms with Crippen molar-refractivity contribution in [2.24, 2.45) is 7.05 Å². The van der Waals surface area contributed by atoms with Gasteiger partial charge >= 0.3 is 0 Å². The number of rotatable bonds is 3. The summed E-state index contributed by atoms with van der Waals surface area (Å²) in [6.07, 6.45) is 4.35. The lowest BCUT2D eigenvalue weighted by atomic mass is 10.00. The second kappa shape index (κ2) is 7.30. The van der Waals surface area contributed by atoms with Crippen molar-refractivity contribution in [3.05, 3.63) is 77.6 Å². The molecule has 0 spiro atoms. The summed E-state index contributed by atoms with van der Waals surface area (Å²) in [7, 11) is 1.98. The van der Waals surface area contributed by atoms with Crippen LogP contribution in [-0.4, -0.2) is 27.0 Å². The van der Waals surface area contributed by atoms with Gasteiger partial charge in [-0.3, -0.25) is 9.78 Å². The van der Waals surface area contributed by atoms with Crippen LogP contribution in [0.5, 0.6) is 5.75 Å². The van der Waals surface area contributed by atoms with Crippen molar-refractivity contribution >= 4 is 16.9 Å². The van der Waals surface area contributed by atoms with Crippen molar-refractivity contribution in [2.75, 3.05) is 6.61 Å². The molecule has 0 saturated carbocycles. The van der Waals surface area contributed by atoms with Crippen LogP contribution >= 0.6 is 0 Å². The molecule has 0 radical (unpaired) electrons. The molecule has 0 unspecified atom stereocenters. The molecule has 1 N–H and O–H groups in total. The Kier molecular flexibility index (Phi) is 4.47. The van der Waals surface area contributed by atoms with E-state index >= 15 is 0 Å². The average molecular weight is 398 g/mol. The summed E-state index contributed by atoms with van der Waals surface area (Å²) in [5.41, 5.74) is 5.47. The molecule has 150 valence electrons. The number of pyridine rings is 1. The number of para-hydroxylation sites is 1. The number of hydrogen-bond donors (Lipinski definition) is 1. The van der Waals surface area contributed by atoms with E-state index in [4.69, 9.17) is 9.72 Å². The molecule has 1 aliphatic heterocycles. The first-order chi connectivity index (χ1) is 14.6. The molecule has 6 heteroatoms. The molecular formula is C24H22N4O2. The summed E-state index contributed by atoms with van der Waals surface area (Å²) in [5, 5.41) is 3.15. The number of aryl methyl sites for hydroxylation is 2. The lowest BCUT2D eigenvalue weighted by Crippen LogP contribution is -2.32. The molecule has 2 aromatic carbocycles. The van der Waals surface area contributed by atoms with Gasteiger partial charge in [0.15, 0.2) is 0 Å². The van der Waals surface area contributed by atoms with Gasteiger partial charge < -0.3 is 14.6 Å². The molecule has 6 nitrogen and oxygen atoms in total. The molecule has 4 aromatic rings. The number of nitrogens with zero attached hydrogens (tertiary/aromatic N) is 3. The summed E-state index contributed by atoms with van der Waals surface area (Å²) < 4.78 is 7.73. The van der Waals surface area contributed by atoms with Crippen LogP contribution in [0.4, 0.5) is 0 Å². The molecule has 1 atom stereocenters. The Balaban J connectivity index is 1.46. The number of carbonyl (C=O) groups is 1. The first-order valence-corrected chi connectivity index (χ1v) is 10.0. The van der Waals surface area contributed by atoms with Gasteiger partial charge in [-0.1, -0.05) is 18.2 Å². The van der Waals surface area contributed by atoms with Crippen molar-refractivity contribution in [3.8, 4) is 17.1 Å². The van der Waals surface area contributed by atoms with E-state index < -0.39 is 0 Å². The summed E-state index contributed by atoms with van der Waals surface area (Å²) in [6, 6.07) is 15.4. The van der Waals surface area contributed by atoms with Gasteiger partial charge in [0.1, 0.15) is 11.6 Å². The van der Waals surface area contributed by atoms with E-state index in [1.54, 1.807) is 6.20 Å². The molecule has 0 aliphatic carbocycles. The molecule has 0 saturated heterocycles. The van der Waals surface area contributed by atoms with E-state index in [1.165, 1.54) is 0 Å². The largest absolute Gasteiger partial charge is 0.493 e. The Morgan fingerprint density at radius 3 is 2.93 bits per heavy atom. The molecule has 5 rings (SSSR count). The van der Waals surface area contributed by atoms with Crippen molar-refractivity contribution in [3.63, 3.8) is 0 Å². The topological polar surface area (TPSA) is 69.0 Å². The number of carbonyl (C=O) groups excluding carboxylic acids is 1. The first-order valence-electron chi connectivity index (χ1n) is 10.0. The summed E-state index contributed by atoms with van der Waals surface area (Å²) in [6.45, 7) is 2.63. The fourth-order valence-corrected chi connectivity index (χ4v) is 4.01. The third-order valence-corrected chi connectivity index (χ3v) is 5.69. The van der Waals surface area contributed by atoms with E-state index in [0.717, 1.165) is 45.7 Å². The quantitative estimate of drug-likeness (QED) is 0.562. The number of nitrogens with one attached hydrogen (secondary N) is 1. The highest BCUT2D eigenvalue weighted by atomic mass is 16.5. The Labute approximate surface area is 174 Å². The second-order valence-corrected chi connectivity index (χ2v) is 7.59. The van der Waals surface area contributed by atoms with Gasteiger partial charge in [0, 0.05) is 42.6 Å². The van der Waals surface area contributed by atoms with E-state index in [0.29, 0.717) is 12.2 Å². The van der Waals surface area contributed by atoms with Crippen LogP contribution in [0.2, 0.25) is 0 Å². The summed E-state index contributed by atoms with van der Waals surface area (Å²) >= 11 is 0. The van der Waals surface area contributed by atoms with Crippen LogP contribution < -0.4 is 10.1 Å². The Bertz CT molecular complexity index is 1260. The fourth-order valence-electron chi connectivity index (χ4n) is 4.01. The predicted molar refractivity (Wildman–Crippen MR) is 115 cm³/mol. The van der Waals surface area contributed by atoms with Crippen molar-refractivity contribution in [1.82, 2.24) is 19.9 Å². The predicted octanol–water partition coefficient (Wildman–Crippen LogP) is 4.20.